The van der Waals surface area contributed by atoms with Gasteiger partial charge in [-0.15, -0.1) is 0 Å². The van der Waals surface area contributed by atoms with Crippen molar-refractivity contribution in [2.45, 2.75) is 148 Å². The molecule has 6 aliphatic rings. The fraction of sp³-hybridized carbons (Fsp3) is 0.535. The van der Waals surface area contributed by atoms with Crippen LogP contribution < -0.4 is 87.1 Å². The maximum absolute atomic E-state index is 14.5. The number of hydrogen-bond donors (Lipinski definition) is 13. The van der Waals surface area contributed by atoms with Crippen LogP contribution in [0, 0.1) is 29.6 Å². The van der Waals surface area contributed by atoms with Gasteiger partial charge in [0.05, 0.1) is 108 Å². The van der Waals surface area contributed by atoms with Crippen LogP contribution in [0.15, 0.2) is 108 Å². The molecule has 700 valence electrons. The summed E-state index contributed by atoms with van der Waals surface area (Å²) in [6.45, 7) is 18.5. The largest absolute Gasteiger partial charge is 0.493 e. The molecule has 15 N–H and O–H groups in total. The van der Waals surface area contributed by atoms with Crippen LogP contribution in [-0.4, -0.2) is 257 Å². The van der Waals surface area contributed by atoms with E-state index in [0.29, 0.717) is 71.7 Å². The number of rotatable bonds is 44. The van der Waals surface area contributed by atoms with Crippen molar-refractivity contribution in [3.63, 3.8) is 0 Å². The molecule has 4 aliphatic heterocycles. The standard InChI is InChI=1S/C86H119N15O26S/c1-48(2)73(95-83(110)124-35-33-120-30-29-116-9)77(104)91-52(7)75(102)93-56-17-13-54(14-18-56)46-126-85(112)100-65-41-71(69(117-10)39-60(65)79(106)98-44-50(5)37-67(98)81(100)108)122-26-12-27-123-72-42-66-61(40-70(72)118-11)80(107)99-45-51(6)38-68(99)82(109)101(66)86(113)127-47-55-15-19-57(20-16-55)94-76(103)53(8)92-78(105)74(49(3)4)96-84(111)125-36-34-121-32-31-119-28-25-89-128(114,115)90-43-62-58-21-23-63(87)64(97-88)24-22-59(58)62/h13-20,39-42,48-49,52-53,58-59,62,67-68,73-74,81-82,89-90,97,108-109H,5-6,12,21-38,43-47,87-88H2,1-4,7-11H3,(H,91,104)(H,92,105)(H,93,102)(H,94,103)(H,95,110)(H,96,111)/b64-63-/t52-,53-,58?,59?,62?,67?,68?,73-,74-,81?,82?/m0/s1. The van der Waals surface area contributed by atoms with Crippen molar-refractivity contribution >= 4 is 92.8 Å². The molecule has 1 saturated carbocycles. The lowest BCUT2D eigenvalue weighted by Crippen LogP contribution is -2.53. The summed E-state index contributed by atoms with van der Waals surface area (Å²) in [7, 11) is 0.500. The molecule has 42 heteroatoms. The Kier molecular flexibility index (Phi) is 35.7. The Balaban J connectivity index is 0.682. The second kappa shape index (κ2) is 46.4. The van der Waals surface area contributed by atoms with Crippen LogP contribution >= 0.6 is 0 Å². The molecule has 41 nitrogen and oxygen atoms in total. The molecule has 10 rings (SSSR count). The van der Waals surface area contributed by atoms with E-state index in [-0.39, 0.29) is 169 Å². The fourth-order valence-electron chi connectivity index (χ4n) is 15.5. The number of carbonyl (C=O) groups is 10. The first-order valence-electron chi connectivity index (χ1n) is 42.3. The summed E-state index contributed by atoms with van der Waals surface area (Å²) in [4.78, 5) is 141. The smallest absolute Gasteiger partial charge is 0.416 e. The maximum atomic E-state index is 14.5. The SMILES string of the molecule is C=C1CC2C(O)N(C(=O)OCc3ccc(NC(=O)[C@H](C)NC(=O)[C@@H](NC(=O)OCCOCCOC)C(C)C)cc3)c3cc(OCCCOc4cc5c(cc4OC)C(=O)N4CC(=C)CC4C(O)N5C(=O)OCc4ccc(NC(=O)[C@H](C)NC(=O)[C@@H](NC(=O)OCCOCCOCCNS(=O)(=O)NCC5C6CC/C(N)=C(/NN)CCC65)C(C)C)cc4)c(OC)cc3C(=O)N2C1. The first kappa shape index (κ1) is 98.6. The van der Waals surface area contributed by atoms with E-state index in [1.165, 1.54) is 81.4 Å². The van der Waals surface area contributed by atoms with E-state index in [1.54, 1.807) is 64.1 Å². The average molecular weight is 1810 g/mol. The number of anilines is 4. The van der Waals surface area contributed by atoms with Crippen LogP contribution in [0.5, 0.6) is 23.0 Å². The maximum Gasteiger partial charge on any atom is 0.416 e. The van der Waals surface area contributed by atoms with Crippen molar-refractivity contribution in [3.05, 3.63) is 131 Å². The van der Waals surface area contributed by atoms with Gasteiger partial charge in [-0.3, -0.25) is 34.6 Å². The minimum Gasteiger partial charge on any atom is -0.493 e. The van der Waals surface area contributed by atoms with Gasteiger partial charge in [-0.05, 0) is 129 Å². The number of nitrogens with one attached hydrogen (secondary N) is 9. The first-order valence-corrected chi connectivity index (χ1v) is 43.8. The number of aliphatic hydroxyl groups excluding tert-OH is 2. The van der Waals surface area contributed by atoms with Gasteiger partial charge in [-0.2, -0.15) is 13.1 Å². The highest BCUT2D eigenvalue weighted by atomic mass is 32.2. The molecular formula is C86H119N15O26S. The van der Waals surface area contributed by atoms with Crippen LogP contribution in [0.4, 0.5) is 41.9 Å². The summed E-state index contributed by atoms with van der Waals surface area (Å²) in [5.74, 6) is 2.62. The predicted molar refractivity (Wildman–Crippen MR) is 464 cm³/mol. The van der Waals surface area contributed by atoms with Gasteiger partial charge < -0.3 is 120 Å². The van der Waals surface area contributed by atoms with Crippen molar-refractivity contribution in [1.29, 1.82) is 0 Å². The molecule has 4 heterocycles. The molecule has 2 aliphatic carbocycles. The van der Waals surface area contributed by atoms with Crippen LogP contribution in [0.2, 0.25) is 0 Å². The molecular weight excluding hydrogens is 1690 g/mol. The van der Waals surface area contributed by atoms with E-state index >= 15 is 0 Å². The van der Waals surface area contributed by atoms with Gasteiger partial charge in [-0.1, -0.05) is 76.3 Å². The predicted octanol–water partition coefficient (Wildman–Crippen LogP) is 4.62. The van der Waals surface area contributed by atoms with E-state index in [2.05, 4.69) is 59.9 Å². The number of nitrogens with two attached hydrogens (primary N) is 2. The molecule has 0 radical (unpaired) electrons. The van der Waals surface area contributed by atoms with E-state index in [4.69, 9.17) is 68.4 Å². The fourth-order valence-corrected chi connectivity index (χ4v) is 16.4. The lowest BCUT2D eigenvalue weighted by Gasteiger charge is -2.31. The van der Waals surface area contributed by atoms with Crippen LogP contribution in [-0.2, 0) is 80.5 Å². The number of fused-ring (bicyclic) bond motifs is 5. The van der Waals surface area contributed by atoms with Gasteiger partial charge in [0, 0.05) is 74.6 Å². The second-order valence-electron chi connectivity index (χ2n) is 32.3. The van der Waals surface area contributed by atoms with Crippen molar-refractivity contribution in [2.75, 3.05) is 141 Å². The van der Waals surface area contributed by atoms with Crippen LogP contribution in [0.3, 0.4) is 0 Å². The van der Waals surface area contributed by atoms with Crippen molar-refractivity contribution in [1.82, 2.24) is 45.9 Å². The number of methoxy groups -OCH3 is 3. The number of ether oxygens (including phenoxy) is 12. The molecule has 11 atom stereocenters. The Labute approximate surface area is 742 Å². The molecule has 0 aromatic heterocycles. The van der Waals surface area contributed by atoms with Gasteiger partial charge >= 0.3 is 24.4 Å². The van der Waals surface area contributed by atoms with E-state index in [1.807, 2.05) is 0 Å². The number of nitrogens with zero attached hydrogens (tertiary/aromatic N) is 4. The Morgan fingerprint density at radius 1 is 0.523 bits per heavy atom. The second-order valence-corrected chi connectivity index (χ2v) is 33.9. The van der Waals surface area contributed by atoms with Gasteiger partial charge in [0.15, 0.2) is 35.5 Å². The summed E-state index contributed by atoms with van der Waals surface area (Å²) in [5, 5.41) is 40.0. The third kappa shape index (κ3) is 26.3. The summed E-state index contributed by atoms with van der Waals surface area (Å²) < 4.78 is 97.5. The highest BCUT2D eigenvalue weighted by molar-refractivity contribution is 7.87. The summed E-state index contributed by atoms with van der Waals surface area (Å²) >= 11 is 0. The molecule has 4 aromatic carbocycles. The number of aliphatic hydroxyl groups is 2. The molecule has 0 bridgehead atoms. The molecule has 128 heavy (non-hydrogen) atoms. The molecule has 3 fully saturated rings. The zero-order valence-corrected chi connectivity index (χ0v) is 74.2. The Hall–Kier alpha value is -11.6. The molecule has 2 saturated heterocycles. The minimum atomic E-state index is -3.75. The first-order chi connectivity index (χ1) is 61.2. The van der Waals surface area contributed by atoms with Crippen LogP contribution in [0.25, 0.3) is 0 Å². The number of hydrazine groups is 1. The normalized spacial score (nSPS) is 20.3. The highest BCUT2D eigenvalue weighted by Gasteiger charge is 2.51. The van der Waals surface area contributed by atoms with E-state index < -0.39 is 125 Å². The third-order valence-electron chi connectivity index (χ3n) is 22.5. The molecule has 10 amide bonds. The Morgan fingerprint density at radius 2 is 0.945 bits per heavy atom. The Bertz CT molecular complexity index is 4710. The van der Waals surface area contributed by atoms with Gasteiger partial charge in [0.2, 0.25) is 23.6 Å². The topological polar surface area (TPSA) is 529 Å². The van der Waals surface area contributed by atoms with E-state index in [9.17, 15) is 66.6 Å². The van der Waals surface area contributed by atoms with Crippen LogP contribution in [0.1, 0.15) is 118 Å². The van der Waals surface area contributed by atoms with Crippen molar-refractivity contribution in [2.24, 2.45) is 41.2 Å². The quantitative estimate of drug-likeness (QED) is 0.00944. The molecule has 7 unspecified atom stereocenters. The van der Waals surface area contributed by atoms with Gasteiger partial charge in [0.25, 0.3) is 22.0 Å². The lowest BCUT2D eigenvalue weighted by molar-refractivity contribution is -0.128. The average Bonchev–Trinajstić information content (AvgIpc) is 1.59. The van der Waals surface area contributed by atoms with E-state index in [0.717, 1.165) is 40.5 Å². The third-order valence-corrected chi connectivity index (χ3v) is 23.6. The monoisotopic (exact) mass is 1810 g/mol. The number of hydrogen-bond acceptors (Lipinski definition) is 29. The number of benzene rings is 4. The zero-order valence-electron chi connectivity index (χ0n) is 73.4. The van der Waals surface area contributed by atoms with Crippen molar-refractivity contribution < 1.29 is 123 Å². The zero-order chi connectivity index (χ0) is 92.6. The minimum absolute atomic E-state index is 0.00388. The van der Waals surface area contributed by atoms with Gasteiger partial charge in [-0.25, -0.2) is 33.7 Å². The Morgan fingerprint density at radius 3 is 1.37 bits per heavy atom. The number of carbonyl (C=O) groups excluding carboxylic acids is 10. The van der Waals surface area contributed by atoms with Crippen molar-refractivity contribution in [3.8, 4) is 23.0 Å². The summed E-state index contributed by atoms with van der Waals surface area (Å²) in [6, 6.07) is 11.9. The molecule has 0 spiro atoms. The number of alkyl carbamates (subject to hydrolysis) is 2. The lowest BCUT2D eigenvalue weighted by atomic mass is 10.0. The van der Waals surface area contributed by atoms with Gasteiger partial charge in [0.1, 0.15) is 50.6 Å². The summed E-state index contributed by atoms with van der Waals surface area (Å²) in [6.07, 6.45) is -3.46. The number of allylic oxidation sites excluding steroid dienone is 2. The summed E-state index contributed by atoms with van der Waals surface area (Å²) in [5.41, 5.74) is 13.1. The molecule has 4 aromatic rings. The highest BCUT2D eigenvalue weighted by Crippen LogP contribution is 2.53. The number of amides is 10.